The molecular weight excluding hydrogens is 238 g/mol. The molecule has 0 aliphatic carbocycles. The molecule has 1 aromatic heterocycles. The van der Waals surface area contributed by atoms with Gasteiger partial charge in [-0.05, 0) is 44.5 Å². The van der Waals surface area contributed by atoms with Gasteiger partial charge in [-0.3, -0.25) is 0 Å². The summed E-state index contributed by atoms with van der Waals surface area (Å²) in [5.74, 6) is 1.84. The quantitative estimate of drug-likeness (QED) is 0.883. The van der Waals surface area contributed by atoms with Gasteiger partial charge >= 0.3 is 0 Å². The van der Waals surface area contributed by atoms with Crippen LogP contribution in [0.15, 0.2) is 24.3 Å². The first-order valence-electron chi connectivity index (χ1n) is 6.56. The highest BCUT2D eigenvalue weighted by Crippen LogP contribution is 2.24. The van der Waals surface area contributed by atoms with Crippen LogP contribution in [0.25, 0.3) is 11.4 Å². The minimum atomic E-state index is 0.248. The van der Waals surface area contributed by atoms with E-state index in [0.29, 0.717) is 5.82 Å². The zero-order valence-corrected chi connectivity index (χ0v) is 11.6. The molecule has 0 bridgehead atoms. The monoisotopic (exact) mass is 257 g/mol. The van der Waals surface area contributed by atoms with Crippen LogP contribution in [-0.4, -0.2) is 21.6 Å². The molecule has 0 fully saturated rings. The van der Waals surface area contributed by atoms with E-state index < -0.39 is 0 Å². The number of benzene rings is 1. The van der Waals surface area contributed by atoms with E-state index in [1.165, 1.54) is 0 Å². The number of rotatable bonds is 4. The van der Waals surface area contributed by atoms with Gasteiger partial charge in [0.15, 0.2) is 5.82 Å². The number of anilines is 1. The Bertz CT molecular complexity index is 564. The fraction of sp³-hybridized carbons (Fsp3) is 0.333. The smallest absolute Gasteiger partial charge is 0.161 e. The number of phenolic OH excluding ortho intramolecular Hbond substituents is 1. The molecule has 0 saturated carbocycles. The Morgan fingerprint density at radius 3 is 2.37 bits per heavy atom. The summed E-state index contributed by atoms with van der Waals surface area (Å²) < 4.78 is 0. The van der Waals surface area contributed by atoms with Gasteiger partial charge < -0.3 is 10.4 Å². The van der Waals surface area contributed by atoms with Crippen molar-refractivity contribution in [3.05, 3.63) is 35.5 Å². The zero-order valence-electron chi connectivity index (χ0n) is 11.6. The third-order valence-corrected chi connectivity index (χ3v) is 3.04. The highest BCUT2D eigenvalue weighted by atomic mass is 16.3. The zero-order chi connectivity index (χ0) is 13.8. The maximum Gasteiger partial charge on any atom is 0.161 e. The summed E-state index contributed by atoms with van der Waals surface area (Å²) in [5, 5.41) is 12.6. The molecule has 2 rings (SSSR count). The van der Waals surface area contributed by atoms with Crippen LogP contribution < -0.4 is 5.32 Å². The molecule has 1 heterocycles. The maximum absolute atomic E-state index is 9.33. The summed E-state index contributed by atoms with van der Waals surface area (Å²) in [5.41, 5.74) is 3.06. The Kier molecular flexibility index (Phi) is 4.00. The SMILES string of the molecule is CCNc1nc(-c2ccc(O)cc2)nc(C)c1CC. The number of aromatic nitrogens is 2. The van der Waals surface area contributed by atoms with Crippen molar-refractivity contribution in [2.24, 2.45) is 0 Å². The van der Waals surface area contributed by atoms with Gasteiger partial charge in [-0.1, -0.05) is 6.92 Å². The number of hydrogen-bond donors (Lipinski definition) is 2. The minimum absolute atomic E-state index is 0.248. The molecule has 0 unspecified atom stereocenters. The van der Waals surface area contributed by atoms with Gasteiger partial charge in [0, 0.05) is 23.4 Å². The number of aryl methyl sites for hydroxylation is 1. The van der Waals surface area contributed by atoms with Gasteiger partial charge in [-0.15, -0.1) is 0 Å². The molecule has 0 aliphatic rings. The second-order valence-electron chi connectivity index (χ2n) is 4.39. The molecule has 0 spiro atoms. The van der Waals surface area contributed by atoms with Crippen molar-refractivity contribution in [1.82, 2.24) is 9.97 Å². The lowest BCUT2D eigenvalue weighted by molar-refractivity contribution is 0.475. The van der Waals surface area contributed by atoms with Gasteiger partial charge in [0.1, 0.15) is 11.6 Å². The molecule has 0 amide bonds. The number of nitrogens with zero attached hydrogens (tertiary/aromatic N) is 2. The lowest BCUT2D eigenvalue weighted by atomic mass is 10.1. The first-order valence-corrected chi connectivity index (χ1v) is 6.56. The fourth-order valence-electron chi connectivity index (χ4n) is 2.07. The van der Waals surface area contributed by atoms with Gasteiger partial charge in [-0.25, -0.2) is 9.97 Å². The van der Waals surface area contributed by atoms with Crippen molar-refractivity contribution in [2.75, 3.05) is 11.9 Å². The Labute approximate surface area is 113 Å². The average Bonchev–Trinajstić information content (AvgIpc) is 2.39. The molecule has 0 radical (unpaired) electrons. The molecule has 2 aromatic rings. The van der Waals surface area contributed by atoms with E-state index in [-0.39, 0.29) is 5.75 Å². The molecular formula is C15H19N3O. The van der Waals surface area contributed by atoms with E-state index in [0.717, 1.165) is 35.6 Å². The van der Waals surface area contributed by atoms with Gasteiger partial charge in [0.2, 0.25) is 0 Å². The topological polar surface area (TPSA) is 58.0 Å². The predicted octanol–water partition coefficient (Wildman–Crippen LogP) is 3.15. The lowest BCUT2D eigenvalue weighted by Crippen LogP contribution is -2.07. The van der Waals surface area contributed by atoms with Crippen molar-refractivity contribution >= 4 is 5.82 Å². The average molecular weight is 257 g/mol. The van der Waals surface area contributed by atoms with Crippen LogP contribution in [0.4, 0.5) is 5.82 Å². The Morgan fingerprint density at radius 2 is 1.79 bits per heavy atom. The van der Waals surface area contributed by atoms with Crippen molar-refractivity contribution < 1.29 is 5.11 Å². The van der Waals surface area contributed by atoms with E-state index in [2.05, 4.69) is 29.1 Å². The second kappa shape index (κ2) is 5.69. The summed E-state index contributed by atoms with van der Waals surface area (Å²) >= 11 is 0. The highest BCUT2D eigenvalue weighted by molar-refractivity contribution is 5.60. The molecule has 2 N–H and O–H groups in total. The van der Waals surface area contributed by atoms with E-state index in [9.17, 15) is 5.11 Å². The maximum atomic E-state index is 9.33. The number of nitrogens with one attached hydrogen (secondary N) is 1. The fourth-order valence-corrected chi connectivity index (χ4v) is 2.07. The summed E-state index contributed by atoms with van der Waals surface area (Å²) in [7, 11) is 0. The Balaban J connectivity index is 2.49. The summed E-state index contributed by atoms with van der Waals surface area (Å²) in [6, 6.07) is 6.94. The molecule has 4 nitrogen and oxygen atoms in total. The van der Waals surface area contributed by atoms with E-state index in [1.54, 1.807) is 12.1 Å². The number of phenols is 1. The van der Waals surface area contributed by atoms with Crippen LogP contribution in [0.3, 0.4) is 0 Å². The van der Waals surface area contributed by atoms with Crippen LogP contribution in [0.2, 0.25) is 0 Å². The first-order chi connectivity index (χ1) is 9.15. The largest absolute Gasteiger partial charge is 0.508 e. The molecule has 0 saturated heterocycles. The van der Waals surface area contributed by atoms with E-state index in [4.69, 9.17) is 0 Å². The van der Waals surface area contributed by atoms with Gasteiger partial charge in [0.25, 0.3) is 0 Å². The molecule has 0 aliphatic heterocycles. The first kappa shape index (κ1) is 13.3. The Morgan fingerprint density at radius 1 is 1.11 bits per heavy atom. The van der Waals surface area contributed by atoms with E-state index in [1.807, 2.05) is 19.1 Å². The van der Waals surface area contributed by atoms with Crippen molar-refractivity contribution in [3.63, 3.8) is 0 Å². The molecule has 0 atom stereocenters. The van der Waals surface area contributed by atoms with E-state index >= 15 is 0 Å². The molecule has 4 heteroatoms. The lowest BCUT2D eigenvalue weighted by Gasteiger charge is -2.12. The summed E-state index contributed by atoms with van der Waals surface area (Å²) in [4.78, 5) is 9.14. The van der Waals surface area contributed by atoms with Crippen molar-refractivity contribution in [3.8, 4) is 17.1 Å². The van der Waals surface area contributed by atoms with Gasteiger partial charge in [-0.2, -0.15) is 0 Å². The second-order valence-corrected chi connectivity index (χ2v) is 4.39. The summed E-state index contributed by atoms with van der Waals surface area (Å²) in [6.07, 6.45) is 0.907. The van der Waals surface area contributed by atoms with Gasteiger partial charge in [0.05, 0.1) is 0 Å². The van der Waals surface area contributed by atoms with Crippen LogP contribution >= 0.6 is 0 Å². The molecule has 19 heavy (non-hydrogen) atoms. The number of aromatic hydroxyl groups is 1. The number of hydrogen-bond acceptors (Lipinski definition) is 4. The van der Waals surface area contributed by atoms with Crippen LogP contribution in [0.5, 0.6) is 5.75 Å². The summed E-state index contributed by atoms with van der Waals surface area (Å²) in [6.45, 7) is 6.99. The van der Waals surface area contributed by atoms with Crippen LogP contribution in [-0.2, 0) is 6.42 Å². The van der Waals surface area contributed by atoms with Crippen LogP contribution in [0.1, 0.15) is 25.1 Å². The Hall–Kier alpha value is -2.10. The minimum Gasteiger partial charge on any atom is -0.508 e. The van der Waals surface area contributed by atoms with Crippen LogP contribution in [0, 0.1) is 6.92 Å². The third-order valence-electron chi connectivity index (χ3n) is 3.04. The van der Waals surface area contributed by atoms with Crippen molar-refractivity contribution in [1.29, 1.82) is 0 Å². The molecule has 1 aromatic carbocycles. The molecule has 100 valence electrons. The highest BCUT2D eigenvalue weighted by Gasteiger charge is 2.10. The predicted molar refractivity (Wildman–Crippen MR) is 77.4 cm³/mol. The normalized spacial score (nSPS) is 10.5. The van der Waals surface area contributed by atoms with Crippen molar-refractivity contribution in [2.45, 2.75) is 27.2 Å². The standard InChI is InChI=1S/C15H19N3O/c1-4-13-10(3)17-14(18-15(13)16-5-2)11-6-8-12(19)9-7-11/h6-9,19H,4-5H2,1-3H3,(H,16,17,18). The third kappa shape index (κ3) is 2.84.